The summed E-state index contributed by atoms with van der Waals surface area (Å²) in [4.78, 5) is 23.1. The molecule has 0 bridgehead atoms. The molecule has 11 heteroatoms. The minimum atomic E-state index is -3.29. The van der Waals surface area contributed by atoms with Crippen molar-refractivity contribution in [2.24, 2.45) is 0 Å². The molecule has 1 amide bonds. The van der Waals surface area contributed by atoms with E-state index in [4.69, 9.17) is 9.47 Å². The van der Waals surface area contributed by atoms with Crippen LogP contribution in [0.3, 0.4) is 0 Å². The smallest absolute Gasteiger partial charge is 0.410 e. The Morgan fingerprint density at radius 2 is 1.88 bits per heavy atom. The molecule has 3 aromatic rings. The predicted octanol–water partition coefficient (Wildman–Crippen LogP) is 3.59. The zero-order valence-corrected chi connectivity index (χ0v) is 19.9. The molecule has 2 aromatic heterocycles. The number of fused-ring (bicyclic) bond motifs is 1. The maximum Gasteiger partial charge on any atom is 0.410 e. The second-order valence-corrected chi connectivity index (χ2v) is 11.1. The third kappa shape index (κ3) is 5.24. The third-order valence-corrected chi connectivity index (χ3v) is 6.34. The van der Waals surface area contributed by atoms with Gasteiger partial charge in [-0.2, -0.15) is 5.10 Å². The molecule has 0 unspecified atom stereocenters. The van der Waals surface area contributed by atoms with Crippen LogP contribution in [0.5, 0.6) is 11.6 Å². The maximum absolute atomic E-state index is 12.5. The van der Waals surface area contributed by atoms with Crippen molar-refractivity contribution in [2.45, 2.75) is 50.2 Å². The van der Waals surface area contributed by atoms with Crippen molar-refractivity contribution in [1.82, 2.24) is 24.6 Å². The maximum atomic E-state index is 12.5. The van der Waals surface area contributed by atoms with Crippen molar-refractivity contribution in [3.05, 3.63) is 36.8 Å². The van der Waals surface area contributed by atoms with Gasteiger partial charge < -0.3 is 14.4 Å². The lowest BCUT2D eigenvalue weighted by molar-refractivity contribution is 0.0169. The SMILES string of the molecule is CC(C)(C)OC(=O)N1CCC[C@@H](n2ncc3c(Oc4ccc(S(C)(=O)=O)cc4)ncnc32)C1. The summed E-state index contributed by atoms with van der Waals surface area (Å²) in [6.07, 6.45) is 5.53. The highest BCUT2D eigenvalue weighted by molar-refractivity contribution is 7.90. The number of hydrogen-bond acceptors (Lipinski definition) is 8. The van der Waals surface area contributed by atoms with Crippen molar-refractivity contribution < 1.29 is 22.7 Å². The summed E-state index contributed by atoms with van der Waals surface area (Å²) in [5.74, 6) is 0.766. The number of sulfone groups is 1. The van der Waals surface area contributed by atoms with Crippen molar-refractivity contribution in [3.63, 3.8) is 0 Å². The van der Waals surface area contributed by atoms with E-state index in [1.165, 1.54) is 18.5 Å². The van der Waals surface area contributed by atoms with Gasteiger partial charge in [0.15, 0.2) is 15.5 Å². The zero-order valence-electron chi connectivity index (χ0n) is 19.1. The van der Waals surface area contributed by atoms with E-state index in [1.807, 2.05) is 20.8 Å². The molecular formula is C22H27N5O5S. The second-order valence-electron chi connectivity index (χ2n) is 9.07. The monoisotopic (exact) mass is 473 g/mol. The van der Waals surface area contributed by atoms with Crippen LogP contribution in [0, 0.1) is 0 Å². The van der Waals surface area contributed by atoms with Crippen molar-refractivity contribution in [1.29, 1.82) is 0 Å². The number of carbonyl (C=O) groups is 1. The Morgan fingerprint density at radius 3 is 2.55 bits per heavy atom. The summed E-state index contributed by atoms with van der Waals surface area (Å²) >= 11 is 0. The minimum absolute atomic E-state index is 0.0550. The van der Waals surface area contributed by atoms with Gasteiger partial charge >= 0.3 is 6.09 Å². The summed E-state index contributed by atoms with van der Waals surface area (Å²) in [6, 6.07) is 6.07. The van der Waals surface area contributed by atoms with Gasteiger partial charge in [0.25, 0.3) is 0 Å². The Balaban J connectivity index is 1.55. The van der Waals surface area contributed by atoms with E-state index in [0.29, 0.717) is 35.8 Å². The first-order chi connectivity index (χ1) is 15.5. The van der Waals surface area contributed by atoms with Gasteiger partial charge in [-0.05, 0) is 57.9 Å². The number of benzene rings is 1. The fourth-order valence-corrected chi connectivity index (χ4v) is 4.33. The summed E-state index contributed by atoms with van der Waals surface area (Å²) in [5.41, 5.74) is 0.0466. The normalized spacial score (nSPS) is 17.2. The number of rotatable bonds is 4. The lowest BCUT2D eigenvalue weighted by atomic mass is 10.1. The molecule has 10 nitrogen and oxygen atoms in total. The summed E-state index contributed by atoms with van der Waals surface area (Å²) < 4.78 is 36.5. The van der Waals surface area contributed by atoms with Crippen molar-refractivity contribution in [3.8, 4) is 11.6 Å². The molecule has 0 aliphatic carbocycles. The highest BCUT2D eigenvalue weighted by Gasteiger charge is 2.30. The number of carbonyl (C=O) groups excluding carboxylic acids is 1. The fourth-order valence-electron chi connectivity index (χ4n) is 3.70. The molecule has 0 saturated carbocycles. The Hall–Kier alpha value is -3.21. The van der Waals surface area contributed by atoms with E-state index in [0.717, 1.165) is 19.1 Å². The van der Waals surface area contributed by atoms with Crippen molar-refractivity contribution in [2.75, 3.05) is 19.3 Å². The van der Waals surface area contributed by atoms with Gasteiger partial charge in [-0.25, -0.2) is 27.9 Å². The first kappa shape index (κ1) is 23.0. The van der Waals surface area contributed by atoms with E-state index < -0.39 is 15.4 Å². The van der Waals surface area contributed by atoms with E-state index in [-0.39, 0.29) is 17.0 Å². The van der Waals surface area contributed by atoms with Gasteiger partial charge in [-0.3, -0.25) is 0 Å². The molecule has 1 fully saturated rings. The molecule has 0 spiro atoms. The van der Waals surface area contributed by atoms with Gasteiger partial charge in [-0.1, -0.05) is 0 Å². The number of piperidine rings is 1. The lowest BCUT2D eigenvalue weighted by Gasteiger charge is -2.34. The molecular weight excluding hydrogens is 446 g/mol. The number of amides is 1. The number of likely N-dealkylation sites (tertiary alicyclic amines) is 1. The molecule has 3 heterocycles. The minimum Gasteiger partial charge on any atom is -0.444 e. The molecule has 4 rings (SSSR count). The van der Waals surface area contributed by atoms with Crippen LogP contribution < -0.4 is 4.74 Å². The van der Waals surface area contributed by atoms with Crippen molar-refractivity contribution >= 4 is 27.0 Å². The number of nitrogens with zero attached hydrogens (tertiary/aromatic N) is 5. The van der Waals surface area contributed by atoms with Crippen LogP contribution in [0.4, 0.5) is 4.79 Å². The van der Waals surface area contributed by atoms with Gasteiger partial charge in [0.2, 0.25) is 5.88 Å². The van der Waals surface area contributed by atoms with Crippen LogP contribution in [0.1, 0.15) is 39.7 Å². The molecule has 1 saturated heterocycles. The van der Waals surface area contributed by atoms with E-state index >= 15 is 0 Å². The zero-order chi connectivity index (χ0) is 23.8. The van der Waals surface area contributed by atoms with Crippen LogP contribution in [-0.4, -0.2) is 64.1 Å². The Bertz CT molecular complexity index is 1260. The van der Waals surface area contributed by atoms with Gasteiger partial charge in [0.1, 0.15) is 23.1 Å². The first-order valence-electron chi connectivity index (χ1n) is 10.7. The first-order valence-corrected chi connectivity index (χ1v) is 12.5. The largest absolute Gasteiger partial charge is 0.444 e. The predicted molar refractivity (Wildman–Crippen MR) is 121 cm³/mol. The third-order valence-electron chi connectivity index (χ3n) is 5.22. The average molecular weight is 474 g/mol. The Morgan fingerprint density at radius 1 is 1.15 bits per heavy atom. The van der Waals surface area contributed by atoms with Crippen LogP contribution in [0.25, 0.3) is 11.0 Å². The standard InChI is InChI=1S/C22H27N5O5S/c1-22(2,3)32-21(28)26-11-5-6-15(13-26)27-19-18(12-25-27)20(24-14-23-19)31-16-7-9-17(10-8-16)33(4,29)30/h7-10,12,14-15H,5-6,11,13H2,1-4H3/t15-/m1/s1. The number of hydrogen-bond donors (Lipinski definition) is 0. The second kappa shape index (κ2) is 8.62. The molecule has 1 aromatic carbocycles. The quantitative estimate of drug-likeness (QED) is 0.564. The molecule has 1 atom stereocenters. The van der Waals surface area contributed by atoms with Crippen LogP contribution >= 0.6 is 0 Å². The van der Waals surface area contributed by atoms with Crippen LogP contribution in [0.2, 0.25) is 0 Å². The highest BCUT2D eigenvalue weighted by atomic mass is 32.2. The topological polar surface area (TPSA) is 117 Å². The molecule has 33 heavy (non-hydrogen) atoms. The summed E-state index contributed by atoms with van der Waals surface area (Å²) in [7, 11) is -3.29. The summed E-state index contributed by atoms with van der Waals surface area (Å²) in [6.45, 7) is 6.65. The molecule has 1 aliphatic rings. The van der Waals surface area contributed by atoms with Crippen LogP contribution in [-0.2, 0) is 14.6 Å². The molecule has 0 N–H and O–H groups in total. The number of ether oxygens (including phenoxy) is 2. The van der Waals surface area contributed by atoms with E-state index in [1.54, 1.807) is 27.9 Å². The van der Waals surface area contributed by atoms with Crippen LogP contribution in [0.15, 0.2) is 41.7 Å². The molecule has 0 radical (unpaired) electrons. The van der Waals surface area contributed by atoms with Gasteiger partial charge in [0.05, 0.1) is 17.1 Å². The average Bonchev–Trinajstić information content (AvgIpc) is 3.18. The number of aromatic nitrogens is 4. The van der Waals surface area contributed by atoms with E-state index in [2.05, 4.69) is 15.1 Å². The fraction of sp³-hybridized carbons (Fsp3) is 0.455. The molecule has 1 aliphatic heterocycles. The van der Waals surface area contributed by atoms with Gasteiger partial charge in [0, 0.05) is 19.3 Å². The van der Waals surface area contributed by atoms with Gasteiger partial charge in [-0.15, -0.1) is 0 Å². The lowest BCUT2D eigenvalue weighted by Crippen LogP contribution is -2.43. The Kier molecular flexibility index (Phi) is 6.00. The summed E-state index contributed by atoms with van der Waals surface area (Å²) in [5, 5.41) is 5.14. The molecule has 176 valence electrons. The Labute approximate surface area is 192 Å². The van der Waals surface area contributed by atoms with E-state index in [9.17, 15) is 13.2 Å². The highest BCUT2D eigenvalue weighted by Crippen LogP contribution is 2.30.